The van der Waals surface area contributed by atoms with E-state index in [1.807, 2.05) is 18.2 Å². The first-order valence-electron chi connectivity index (χ1n) is 8.47. The molecule has 0 saturated carbocycles. The molecular weight excluding hydrogens is 321 g/mol. The number of urea groups is 1. The molecule has 0 bridgehead atoms. The minimum atomic E-state index is -0.385. The Bertz CT molecular complexity index is 724. The first kappa shape index (κ1) is 17.2. The Kier molecular flexibility index (Phi) is 5.48. The Labute approximate surface area is 146 Å². The summed E-state index contributed by atoms with van der Waals surface area (Å²) in [6.07, 6.45) is 5.73. The number of hydrogen-bond acceptors (Lipinski definition) is 3. The number of para-hydroxylation sites is 1. The van der Waals surface area contributed by atoms with E-state index in [9.17, 15) is 9.18 Å². The zero-order valence-electron chi connectivity index (χ0n) is 14.2. The number of fused-ring (bicyclic) bond motifs is 1. The van der Waals surface area contributed by atoms with E-state index in [1.54, 1.807) is 30.4 Å². The number of amides is 2. The van der Waals surface area contributed by atoms with Crippen LogP contribution in [0.15, 0.2) is 42.7 Å². The van der Waals surface area contributed by atoms with E-state index < -0.39 is 0 Å². The van der Waals surface area contributed by atoms with E-state index in [0.29, 0.717) is 18.7 Å². The lowest BCUT2D eigenvalue weighted by Crippen LogP contribution is -2.40. The fraction of sp³-hybridized carbons (Fsp3) is 0.368. The highest BCUT2D eigenvalue weighted by Crippen LogP contribution is 2.33. The van der Waals surface area contributed by atoms with E-state index >= 15 is 0 Å². The highest BCUT2D eigenvalue weighted by atomic mass is 19.1. The van der Waals surface area contributed by atoms with Crippen molar-refractivity contribution in [2.45, 2.75) is 25.3 Å². The van der Waals surface area contributed by atoms with Crippen LogP contribution in [0.4, 0.5) is 9.18 Å². The van der Waals surface area contributed by atoms with Gasteiger partial charge >= 0.3 is 6.03 Å². The third kappa shape index (κ3) is 4.26. The first-order chi connectivity index (χ1) is 12.1. The molecule has 2 amide bonds. The molecule has 0 radical (unpaired) electrons. The van der Waals surface area contributed by atoms with Gasteiger partial charge in [0.05, 0.1) is 12.6 Å². The third-order valence-electron chi connectivity index (χ3n) is 4.39. The topological polar surface area (TPSA) is 54.5 Å². The molecule has 1 atom stereocenters. The van der Waals surface area contributed by atoms with E-state index in [0.717, 1.165) is 24.8 Å². The molecule has 132 valence electrons. The molecule has 0 saturated heterocycles. The van der Waals surface area contributed by atoms with Crippen molar-refractivity contribution in [3.63, 3.8) is 0 Å². The Hall–Kier alpha value is -2.63. The zero-order chi connectivity index (χ0) is 17.6. The van der Waals surface area contributed by atoms with Gasteiger partial charge in [0.1, 0.15) is 0 Å². The van der Waals surface area contributed by atoms with Gasteiger partial charge in [0.15, 0.2) is 11.6 Å². The van der Waals surface area contributed by atoms with Crippen LogP contribution < -0.4 is 10.1 Å². The van der Waals surface area contributed by atoms with Gasteiger partial charge < -0.3 is 15.0 Å². The SMILES string of the molecule is CN(CCc1ccncc1)C(=O)N[C@H]1CCCOc2c(F)cccc21. The Morgan fingerprint density at radius 1 is 1.36 bits per heavy atom. The summed E-state index contributed by atoms with van der Waals surface area (Å²) in [5.74, 6) is -0.130. The molecule has 0 fully saturated rings. The number of rotatable bonds is 4. The molecule has 1 aromatic carbocycles. The van der Waals surface area contributed by atoms with Gasteiger partial charge in [-0.3, -0.25) is 4.98 Å². The first-order valence-corrected chi connectivity index (χ1v) is 8.47. The molecular formula is C19H22FN3O2. The van der Waals surface area contributed by atoms with Crippen LogP contribution in [-0.4, -0.2) is 36.1 Å². The number of pyridine rings is 1. The normalized spacial score (nSPS) is 16.3. The molecule has 0 spiro atoms. The summed E-state index contributed by atoms with van der Waals surface area (Å²) in [6, 6.07) is 8.30. The molecule has 25 heavy (non-hydrogen) atoms. The summed E-state index contributed by atoms with van der Waals surface area (Å²) in [6.45, 7) is 1.05. The summed E-state index contributed by atoms with van der Waals surface area (Å²) in [5.41, 5.74) is 1.83. The minimum Gasteiger partial charge on any atom is -0.490 e. The van der Waals surface area contributed by atoms with Crippen LogP contribution in [0.2, 0.25) is 0 Å². The number of nitrogens with zero attached hydrogens (tertiary/aromatic N) is 2. The lowest BCUT2D eigenvalue weighted by molar-refractivity contribution is 0.204. The number of hydrogen-bond donors (Lipinski definition) is 1. The van der Waals surface area contributed by atoms with Gasteiger partial charge in [-0.15, -0.1) is 0 Å². The van der Waals surface area contributed by atoms with Crippen molar-refractivity contribution < 1.29 is 13.9 Å². The van der Waals surface area contributed by atoms with Crippen molar-refractivity contribution in [1.29, 1.82) is 0 Å². The van der Waals surface area contributed by atoms with E-state index in [1.165, 1.54) is 6.07 Å². The maximum atomic E-state index is 14.0. The molecule has 0 aliphatic carbocycles. The predicted octanol–water partition coefficient (Wildman–Crippen LogP) is 3.32. The van der Waals surface area contributed by atoms with E-state index in [2.05, 4.69) is 10.3 Å². The Morgan fingerprint density at radius 3 is 2.96 bits per heavy atom. The summed E-state index contributed by atoms with van der Waals surface area (Å²) in [7, 11) is 1.76. The third-order valence-corrected chi connectivity index (χ3v) is 4.39. The fourth-order valence-electron chi connectivity index (χ4n) is 2.93. The van der Waals surface area contributed by atoms with Crippen molar-refractivity contribution in [2.75, 3.05) is 20.2 Å². The van der Waals surface area contributed by atoms with Gasteiger partial charge in [-0.1, -0.05) is 12.1 Å². The quantitative estimate of drug-likeness (QED) is 0.926. The Balaban J connectivity index is 1.63. The van der Waals surface area contributed by atoms with Gasteiger partial charge in [-0.25, -0.2) is 9.18 Å². The molecule has 1 aromatic heterocycles. The monoisotopic (exact) mass is 343 g/mol. The summed E-state index contributed by atoms with van der Waals surface area (Å²) >= 11 is 0. The predicted molar refractivity (Wildman–Crippen MR) is 93.0 cm³/mol. The second-order valence-corrected chi connectivity index (χ2v) is 6.18. The van der Waals surface area contributed by atoms with E-state index in [4.69, 9.17) is 4.74 Å². The summed E-state index contributed by atoms with van der Waals surface area (Å²) < 4.78 is 19.5. The highest BCUT2D eigenvalue weighted by Gasteiger charge is 2.24. The molecule has 5 nitrogen and oxygen atoms in total. The van der Waals surface area contributed by atoms with Gasteiger partial charge in [-0.05, 0) is 43.0 Å². The van der Waals surface area contributed by atoms with E-state index in [-0.39, 0.29) is 23.6 Å². The molecule has 1 N–H and O–H groups in total. The molecule has 0 unspecified atom stereocenters. The summed E-state index contributed by atoms with van der Waals surface area (Å²) in [5, 5.41) is 3.01. The number of likely N-dealkylation sites (N-methyl/N-ethyl adjacent to an activating group) is 1. The number of ether oxygens (including phenoxy) is 1. The molecule has 2 aromatic rings. The van der Waals surface area contributed by atoms with Crippen molar-refractivity contribution in [3.8, 4) is 5.75 Å². The average Bonchev–Trinajstić information content (AvgIpc) is 2.84. The van der Waals surface area contributed by atoms with Crippen LogP contribution in [0.1, 0.15) is 30.0 Å². The number of nitrogens with one attached hydrogen (secondary N) is 1. The standard InChI is InChI=1S/C19H22FN3O2/c1-23(12-9-14-7-10-21-11-8-14)19(24)22-17-6-3-13-25-18-15(17)4-2-5-16(18)20/h2,4-5,7-8,10-11,17H,3,6,9,12-13H2,1H3,(H,22,24)/t17-/m0/s1. The van der Waals surface area contributed by atoms with Crippen molar-refractivity contribution in [3.05, 3.63) is 59.7 Å². The molecule has 1 aliphatic rings. The number of aromatic nitrogens is 1. The molecule has 6 heteroatoms. The fourth-order valence-corrected chi connectivity index (χ4v) is 2.93. The van der Waals surface area contributed by atoms with Crippen LogP contribution in [-0.2, 0) is 6.42 Å². The molecule has 2 heterocycles. The van der Waals surface area contributed by atoms with Gasteiger partial charge in [0, 0.05) is 31.5 Å². The van der Waals surface area contributed by atoms with Crippen LogP contribution in [0.25, 0.3) is 0 Å². The van der Waals surface area contributed by atoms with Gasteiger partial charge in [0.2, 0.25) is 0 Å². The second-order valence-electron chi connectivity index (χ2n) is 6.18. The number of benzene rings is 1. The van der Waals surface area contributed by atoms with Gasteiger partial charge in [-0.2, -0.15) is 0 Å². The maximum Gasteiger partial charge on any atom is 0.317 e. The second kappa shape index (κ2) is 7.96. The van der Waals surface area contributed by atoms with Crippen LogP contribution in [0.3, 0.4) is 0 Å². The van der Waals surface area contributed by atoms with Crippen molar-refractivity contribution in [1.82, 2.24) is 15.2 Å². The van der Waals surface area contributed by atoms with Crippen molar-refractivity contribution >= 4 is 6.03 Å². The Morgan fingerprint density at radius 2 is 2.16 bits per heavy atom. The van der Waals surface area contributed by atoms with Gasteiger partial charge in [0.25, 0.3) is 0 Å². The number of halogens is 1. The number of carbonyl (C=O) groups excluding carboxylic acids is 1. The maximum absolute atomic E-state index is 14.0. The minimum absolute atomic E-state index is 0.170. The van der Waals surface area contributed by atoms with Crippen LogP contribution in [0.5, 0.6) is 5.75 Å². The lowest BCUT2D eigenvalue weighted by Gasteiger charge is -2.23. The molecule has 3 rings (SSSR count). The van der Waals surface area contributed by atoms with Crippen molar-refractivity contribution in [2.24, 2.45) is 0 Å². The molecule has 1 aliphatic heterocycles. The number of carbonyl (C=O) groups is 1. The van der Waals surface area contributed by atoms with Crippen LogP contribution >= 0.6 is 0 Å². The zero-order valence-corrected chi connectivity index (χ0v) is 14.2. The largest absolute Gasteiger partial charge is 0.490 e. The highest BCUT2D eigenvalue weighted by molar-refractivity contribution is 5.74. The lowest BCUT2D eigenvalue weighted by atomic mass is 10.0. The van der Waals surface area contributed by atoms with Crippen LogP contribution in [0, 0.1) is 5.82 Å². The average molecular weight is 343 g/mol. The smallest absolute Gasteiger partial charge is 0.317 e. The summed E-state index contributed by atoms with van der Waals surface area (Å²) in [4.78, 5) is 18.1.